The van der Waals surface area contributed by atoms with Gasteiger partial charge in [0, 0.05) is 0 Å². The summed E-state index contributed by atoms with van der Waals surface area (Å²) in [5.74, 6) is 0.854. The summed E-state index contributed by atoms with van der Waals surface area (Å²) in [5.41, 5.74) is 2.46. The van der Waals surface area contributed by atoms with Gasteiger partial charge in [-0.05, 0) is 55.6 Å². The molecule has 0 radical (unpaired) electrons. The Morgan fingerprint density at radius 2 is 1.56 bits per heavy atom. The van der Waals surface area contributed by atoms with Gasteiger partial charge in [-0.1, -0.05) is 83.1 Å². The lowest BCUT2D eigenvalue weighted by Crippen LogP contribution is -2.30. The molecule has 0 N–H and O–H groups in total. The van der Waals surface area contributed by atoms with Gasteiger partial charge in [0.15, 0.2) is 0 Å². The first-order valence-corrected chi connectivity index (χ1v) is 10.7. The highest BCUT2D eigenvalue weighted by Gasteiger charge is 2.36. The second kappa shape index (κ2) is 10.6. The zero-order chi connectivity index (χ0) is 18.0. The molecular weight excluding hydrogens is 302 g/mol. The molecule has 1 saturated carbocycles. The van der Waals surface area contributed by atoms with Gasteiger partial charge in [0.1, 0.15) is 0 Å². The lowest BCUT2D eigenvalue weighted by molar-refractivity contribution is 0.261. The monoisotopic (exact) mass is 339 g/mol. The molecular formula is C24H37N. The maximum Gasteiger partial charge on any atom is 0.0822 e. The van der Waals surface area contributed by atoms with Crippen molar-refractivity contribution in [1.82, 2.24) is 0 Å². The lowest BCUT2D eigenvalue weighted by atomic mass is 9.66. The Balaban J connectivity index is 1.85. The van der Waals surface area contributed by atoms with E-state index in [-0.39, 0.29) is 5.41 Å². The average molecular weight is 340 g/mol. The standard InChI is InChI=1S/C24H37N/c1-3-5-7-8-9-11-22-16-18-24(20-25,19-17-22)23-14-12-21(13-15-23)10-6-4-2/h12-15,22H,3-11,16-19H2,1-2H3/t22-,24+. The van der Waals surface area contributed by atoms with Crippen LogP contribution < -0.4 is 0 Å². The maximum atomic E-state index is 9.92. The molecule has 0 aliphatic heterocycles. The Kier molecular flexibility index (Phi) is 8.53. The van der Waals surface area contributed by atoms with E-state index in [1.165, 1.54) is 75.3 Å². The quantitative estimate of drug-likeness (QED) is 0.409. The fraction of sp³-hybridized carbons (Fsp3) is 0.708. The van der Waals surface area contributed by atoms with Crippen LogP contribution in [0.2, 0.25) is 0 Å². The molecule has 0 aromatic heterocycles. The topological polar surface area (TPSA) is 23.8 Å². The minimum atomic E-state index is -0.220. The van der Waals surface area contributed by atoms with Crippen LogP contribution in [-0.2, 0) is 11.8 Å². The number of nitrogens with zero attached hydrogens (tertiary/aromatic N) is 1. The van der Waals surface area contributed by atoms with Gasteiger partial charge in [-0.15, -0.1) is 0 Å². The van der Waals surface area contributed by atoms with Gasteiger partial charge in [0.05, 0.1) is 11.5 Å². The maximum absolute atomic E-state index is 9.92. The number of rotatable bonds is 10. The van der Waals surface area contributed by atoms with Gasteiger partial charge in [0.25, 0.3) is 0 Å². The van der Waals surface area contributed by atoms with Crippen molar-refractivity contribution in [2.75, 3.05) is 0 Å². The molecule has 1 aliphatic rings. The molecule has 1 aliphatic carbocycles. The van der Waals surface area contributed by atoms with Gasteiger partial charge in [0.2, 0.25) is 0 Å². The van der Waals surface area contributed by atoms with Crippen LogP contribution in [0.3, 0.4) is 0 Å². The van der Waals surface area contributed by atoms with Crippen molar-refractivity contribution < 1.29 is 0 Å². The first kappa shape index (κ1) is 20.0. The number of nitriles is 1. The molecule has 0 amide bonds. The zero-order valence-corrected chi connectivity index (χ0v) is 16.5. The predicted octanol–water partition coefficient (Wildman–Crippen LogP) is 7.34. The number of hydrogen-bond donors (Lipinski definition) is 0. The molecule has 0 spiro atoms. The molecule has 0 unspecified atom stereocenters. The summed E-state index contributed by atoms with van der Waals surface area (Å²) in [7, 11) is 0. The van der Waals surface area contributed by atoms with Crippen molar-refractivity contribution in [2.45, 2.75) is 103 Å². The van der Waals surface area contributed by atoms with E-state index >= 15 is 0 Å². The molecule has 25 heavy (non-hydrogen) atoms. The van der Waals surface area contributed by atoms with E-state index in [0.717, 1.165) is 25.2 Å². The molecule has 1 heteroatoms. The largest absolute Gasteiger partial charge is 0.197 e. The summed E-state index contributed by atoms with van der Waals surface area (Å²) in [6, 6.07) is 11.7. The number of hydrogen-bond acceptors (Lipinski definition) is 1. The van der Waals surface area contributed by atoms with E-state index in [2.05, 4.69) is 44.2 Å². The summed E-state index contributed by atoms with van der Waals surface area (Å²) in [6.45, 7) is 4.51. The Morgan fingerprint density at radius 1 is 0.920 bits per heavy atom. The fourth-order valence-electron chi connectivity index (χ4n) is 4.33. The minimum absolute atomic E-state index is 0.220. The summed E-state index contributed by atoms with van der Waals surface area (Å²) in [4.78, 5) is 0. The van der Waals surface area contributed by atoms with Crippen LogP contribution in [0.25, 0.3) is 0 Å². The molecule has 0 bridgehead atoms. The first-order valence-electron chi connectivity index (χ1n) is 10.7. The van der Waals surface area contributed by atoms with Gasteiger partial charge in [-0.25, -0.2) is 0 Å². The average Bonchev–Trinajstić information content (AvgIpc) is 2.67. The highest BCUT2D eigenvalue weighted by molar-refractivity contribution is 5.35. The third-order valence-corrected chi connectivity index (χ3v) is 6.21. The van der Waals surface area contributed by atoms with E-state index in [9.17, 15) is 5.26 Å². The van der Waals surface area contributed by atoms with Crippen molar-refractivity contribution in [3.05, 3.63) is 35.4 Å². The van der Waals surface area contributed by atoms with Crippen LogP contribution in [0, 0.1) is 17.2 Å². The lowest BCUT2D eigenvalue weighted by Gasteiger charge is -2.35. The second-order valence-electron chi connectivity index (χ2n) is 8.14. The summed E-state index contributed by atoms with van der Waals surface area (Å²) < 4.78 is 0. The first-order chi connectivity index (χ1) is 12.2. The van der Waals surface area contributed by atoms with Gasteiger partial charge < -0.3 is 0 Å². The molecule has 1 fully saturated rings. The predicted molar refractivity (Wildman–Crippen MR) is 108 cm³/mol. The van der Waals surface area contributed by atoms with Crippen LogP contribution in [0.4, 0.5) is 0 Å². The Hall–Kier alpha value is -1.29. The minimum Gasteiger partial charge on any atom is -0.197 e. The zero-order valence-electron chi connectivity index (χ0n) is 16.5. The Bertz CT molecular complexity index is 514. The third-order valence-electron chi connectivity index (χ3n) is 6.21. The van der Waals surface area contributed by atoms with E-state index in [4.69, 9.17) is 0 Å². The molecule has 1 nitrogen and oxygen atoms in total. The van der Waals surface area contributed by atoms with Gasteiger partial charge in [-0.3, -0.25) is 0 Å². The van der Waals surface area contributed by atoms with Crippen LogP contribution in [-0.4, -0.2) is 0 Å². The SMILES string of the molecule is CCCCCCC[C@H]1CC[C@@](C#N)(c2ccc(CCCC)cc2)CC1. The van der Waals surface area contributed by atoms with E-state index in [0.29, 0.717) is 0 Å². The molecule has 2 rings (SSSR count). The highest BCUT2D eigenvalue weighted by Crippen LogP contribution is 2.42. The van der Waals surface area contributed by atoms with Crippen LogP contribution >= 0.6 is 0 Å². The van der Waals surface area contributed by atoms with Gasteiger partial charge >= 0.3 is 0 Å². The normalized spacial score (nSPS) is 23.3. The summed E-state index contributed by atoms with van der Waals surface area (Å²) >= 11 is 0. The summed E-state index contributed by atoms with van der Waals surface area (Å²) in [6.07, 6.45) is 16.5. The Morgan fingerprint density at radius 3 is 2.16 bits per heavy atom. The molecule has 0 atom stereocenters. The molecule has 1 aromatic rings. The molecule has 1 aromatic carbocycles. The third kappa shape index (κ3) is 5.88. The fourth-order valence-corrected chi connectivity index (χ4v) is 4.33. The van der Waals surface area contributed by atoms with Crippen LogP contribution in [0.5, 0.6) is 0 Å². The van der Waals surface area contributed by atoms with Crippen molar-refractivity contribution in [1.29, 1.82) is 5.26 Å². The van der Waals surface area contributed by atoms with Crippen LogP contribution in [0.1, 0.15) is 102 Å². The van der Waals surface area contributed by atoms with Gasteiger partial charge in [-0.2, -0.15) is 5.26 Å². The second-order valence-corrected chi connectivity index (χ2v) is 8.14. The number of unbranched alkanes of at least 4 members (excludes halogenated alkanes) is 5. The van der Waals surface area contributed by atoms with Crippen molar-refractivity contribution in [3.63, 3.8) is 0 Å². The molecule has 0 heterocycles. The van der Waals surface area contributed by atoms with Crippen molar-refractivity contribution >= 4 is 0 Å². The van der Waals surface area contributed by atoms with Crippen molar-refractivity contribution in [3.8, 4) is 6.07 Å². The smallest absolute Gasteiger partial charge is 0.0822 e. The number of benzene rings is 1. The van der Waals surface area contributed by atoms with E-state index in [1.807, 2.05) is 0 Å². The van der Waals surface area contributed by atoms with E-state index in [1.54, 1.807) is 0 Å². The summed E-state index contributed by atoms with van der Waals surface area (Å²) in [5, 5.41) is 9.92. The Labute approximate surface area is 155 Å². The van der Waals surface area contributed by atoms with E-state index < -0.39 is 0 Å². The molecule has 138 valence electrons. The highest BCUT2D eigenvalue weighted by atomic mass is 14.4. The molecule has 0 saturated heterocycles. The van der Waals surface area contributed by atoms with Crippen LogP contribution in [0.15, 0.2) is 24.3 Å². The number of aryl methyl sites for hydroxylation is 1. The van der Waals surface area contributed by atoms with Crippen molar-refractivity contribution in [2.24, 2.45) is 5.92 Å².